The molecule has 0 bridgehead atoms. The Bertz CT molecular complexity index is 472. The minimum atomic E-state index is -0.586. The third-order valence-corrected chi connectivity index (χ3v) is 2.34. The summed E-state index contributed by atoms with van der Waals surface area (Å²) >= 11 is 0. The maximum absolute atomic E-state index is 11.6. The zero-order valence-electron chi connectivity index (χ0n) is 9.11. The number of aldehydes is 1. The molecule has 1 rings (SSSR count). The van der Waals surface area contributed by atoms with Gasteiger partial charge in [-0.2, -0.15) is 5.26 Å². The topological polar surface area (TPSA) is 67.2 Å². The number of nitriles is 1. The zero-order chi connectivity index (χ0) is 12.1. The number of hydrogen-bond donors (Lipinski definition) is 0. The molecule has 0 saturated heterocycles. The lowest BCUT2D eigenvalue weighted by Crippen LogP contribution is -2.10. The molecular formula is C12H11NO3. The Hall–Kier alpha value is -2.15. The van der Waals surface area contributed by atoms with Gasteiger partial charge in [-0.25, -0.2) is 4.79 Å². The van der Waals surface area contributed by atoms with Gasteiger partial charge in [0.15, 0.2) is 0 Å². The molecule has 82 valence electrons. The highest BCUT2D eigenvalue weighted by Gasteiger charge is 2.18. The molecule has 1 aromatic rings. The first-order valence-corrected chi connectivity index (χ1v) is 4.79. The number of benzene rings is 1. The van der Waals surface area contributed by atoms with Gasteiger partial charge in [0.25, 0.3) is 0 Å². The van der Waals surface area contributed by atoms with E-state index in [0.717, 1.165) is 0 Å². The summed E-state index contributed by atoms with van der Waals surface area (Å²) in [4.78, 5) is 22.4. The molecule has 0 aliphatic carbocycles. The highest BCUT2D eigenvalue weighted by molar-refractivity contribution is 5.96. The van der Waals surface area contributed by atoms with Crippen molar-refractivity contribution in [3.05, 3.63) is 34.4 Å². The lowest BCUT2D eigenvalue weighted by molar-refractivity contribution is 0.0599. The van der Waals surface area contributed by atoms with Crippen molar-refractivity contribution in [1.82, 2.24) is 0 Å². The SMILES string of the molecule is CCc1c(C=O)ccc(C#N)c1C(=O)OC. The Labute approximate surface area is 93.5 Å². The highest BCUT2D eigenvalue weighted by atomic mass is 16.5. The van der Waals surface area contributed by atoms with Crippen LogP contribution in [0.4, 0.5) is 0 Å². The van der Waals surface area contributed by atoms with Crippen molar-refractivity contribution >= 4 is 12.3 Å². The third-order valence-electron chi connectivity index (χ3n) is 2.34. The van der Waals surface area contributed by atoms with Crippen LogP contribution in [-0.2, 0) is 11.2 Å². The fourth-order valence-electron chi connectivity index (χ4n) is 1.58. The normalized spacial score (nSPS) is 9.31. The lowest BCUT2D eigenvalue weighted by Gasteiger charge is -2.09. The molecule has 4 heteroatoms. The summed E-state index contributed by atoms with van der Waals surface area (Å²) in [7, 11) is 1.25. The summed E-state index contributed by atoms with van der Waals surface area (Å²) in [5.74, 6) is -0.586. The smallest absolute Gasteiger partial charge is 0.339 e. The third kappa shape index (κ3) is 1.94. The molecule has 0 N–H and O–H groups in total. The van der Waals surface area contributed by atoms with E-state index in [0.29, 0.717) is 23.8 Å². The molecule has 4 nitrogen and oxygen atoms in total. The van der Waals surface area contributed by atoms with Crippen LogP contribution in [0.1, 0.15) is 38.8 Å². The van der Waals surface area contributed by atoms with Gasteiger partial charge in [0, 0.05) is 5.56 Å². The van der Waals surface area contributed by atoms with Gasteiger partial charge in [-0.15, -0.1) is 0 Å². The number of esters is 1. The fourth-order valence-corrected chi connectivity index (χ4v) is 1.58. The predicted octanol–water partition coefficient (Wildman–Crippen LogP) is 1.72. The second-order valence-corrected chi connectivity index (χ2v) is 3.13. The number of ether oxygens (including phenoxy) is 1. The molecule has 0 aliphatic heterocycles. The highest BCUT2D eigenvalue weighted by Crippen LogP contribution is 2.19. The minimum Gasteiger partial charge on any atom is -0.465 e. The quantitative estimate of drug-likeness (QED) is 0.571. The number of hydrogen-bond acceptors (Lipinski definition) is 4. The second kappa shape index (κ2) is 5.08. The van der Waals surface area contributed by atoms with E-state index in [1.165, 1.54) is 19.2 Å². The fraction of sp³-hybridized carbons (Fsp3) is 0.250. The monoisotopic (exact) mass is 217 g/mol. The molecule has 0 radical (unpaired) electrons. The summed E-state index contributed by atoms with van der Waals surface area (Å²) in [5, 5.41) is 8.90. The van der Waals surface area contributed by atoms with Gasteiger partial charge in [0.1, 0.15) is 12.4 Å². The molecule has 0 unspecified atom stereocenters. The molecule has 0 spiro atoms. The van der Waals surface area contributed by atoms with E-state index in [9.17, 15) is 9.59 Å². The number of nitrogens with zero attached hydrogens (tertiary/aromatic N) is 1. The van der Waals surface area contributed by atoms with Crippen molar-refractivity contribution in [3.63, 3.8) is 0 Å². The first-order valence-electron chi connectivity index (χ1n) is 4.79. The molecular weight excluding hydrogens is 206 g/mol. The van der Waals surface area contributed by atoms with Gasteiger partial charge in [0.05, 0.1) is 18.2 Å². The molecule has 16 heavy (non-hydrogen) atoms. The van der Waals surface area contributed by atoms with E-state index >= 15 is 0 Å². The first-order chi connectivity index (χ1) is 7.69. The van der Waals surface area contributed by atoms with Crippen molar-refractivity contribution in [1.29, 1.82) is 5.26 Å². The molecule has 0 fully saturated rings. The number of rotatable bonds is 3. The largest absolute Gasteiger partial charge is 0.465 e. The summed E-state index contributed by atoms with van der Waals surface area (Å²) in [6.07, 6.45) is 1.17. The number of methoxy groups -OCH3 is 1. The number of carbonyl (C=O) groups excluding carboxylic acids is 2. The van der Waals surface area contributed by atoms with Crippen LogP contribution in [0.25, 0.3) is 0 Å². The van der Waals surface area contributed by atoms with Crippen LogP contribution in [0.2, 0.25) is 0 Å². The standard InChI is InChI=1S/C12H11NO3/c1-3-10-9(7-14)5-4-8(6-13)11(10)12(15)16-2/h4-5,7H,3H2,1-2H3. The van der Waals surface area contributed by atoms with Gasteiger partial charge < -0.3 is 4.74 Å². The van der Waals surface area contributed by atoms with E-state index < -0.39 is 5.97 Å². The molecule has 0 saturated carbocycles. The van der Waals surface area contributed by atoms with E-state index in [-0.39, 0.29) is 11.1 Å². The van der Waals surface area contributed by atoms with E-state index in [2.05, 4.69) is 4.74 Å². The summed E-state index contributed by atoms with van der Waals surface area (Å²) < 4.78 is 4.61. The Kier molecular flexibility index (Phi) is 3.78. The molecule has 0 aromatic heterocycles. The van der Waals surface area contributed by atoms with E-state index in [1.54, 1.807) is 0 Å². The molecule has 1 aromatic carbocycles. The Morgan fingerprint density at radius 2 is 2.25 bits per heavy atom. The van der Waals surface area contributed by atoms with Gasteiger partial charge in [-0.05, 0) is 18.1 Å². The van der Waals surface area contributed by atoms with Crippen molar-refractivity contribution in [2.24, 2.45) is 0 Å². The van der Waals surface area contributed by atoms with E-state index in [1.807, 2.05) is 13.0 Å². The van der Waals surface area contributed by atoms with Crippen LogP contribution >= 0.6 is 0 Å². The Balaban J connectivity index is 3.56. The van der Waals surface area contributed by atoms with Crippen LogP contribution in [0.5, 0.6) is 0 Å². The van der Waals surface area contributed by atoms with Crippen molar-refractivity contribution < 1.29 is 14.3 Å². The molecule has 0 heterocycles. The maximum Gasteiger partial charge on any atom is 0.339 e. The van der Waals surface area contributed by atoms with Crippen LogP contribution in [0.15, 0.2) is 12.1 Å². The summed E-state index contributed by atoms with van der Waals surface area (Å²) in [5.41, 5.74) is 1.40. The zero-order valence-corrected chi connectivity index (χ0v) is 9.11. The van der Waals surface area contributed by atoms with Crippen molar-refractivity contribution in [2.75, 3.05) is 7.11 Å². The van der Waals surface area contributed by atoms with Crippen LogP contribution < -0.4 is 0 Å². The summed E-state index contributed by atoms with van der Waals surface area (Å²) in [6, 6.07) is 4.91. The van der Waals surface area contributed by atoms with Crippen molar-refractivity contribution in [2.45, 2.75) is 13.3 Å². The maximum atomic E-state index is 11.6. The molecule has 0 amide bonds. The van der Waals surface area contributed by atoms with Crippen LogP contribution in [0.3, 0.4) is 0 Å². The van der Waals surface area contributed by atoms with Gasteiger partial charge in [-0.1, -0.05) is 13.0 Å². The van der Waals surface area contributed by atoms with Gasteiger partial charge >= 0.3 is 5.97 Å². The first kappa shape index (κ1) is 11.9. The van der Waals surface area contributed by atoms with Crippen molar-refractivity contribution in [3.8, 4) is 6.07 Å². The Morgan fingerprint density at radius 1 is 1.56 bits per heavy atom. The minimum absolute atomic E-state index is 0.192. The number of carbonyl (C=O) groups is 2. The summed E-state index contributed by atoms with van der Waals surface area (Å²) in [6.45, 7) is 1.82. The van der Waals surface area contributed by atoms with Gasteiger partial charge in [-0.3, -0.25) is 4.79 Å². The molecule has 0 aliphatic rings. The Morgan fingerprint density at radius 3 is 2.69 bits per heavy atom. The van der Waals surface area contributed by atoms with E-state index in [4.69, 9.17) is 5.26 Å². The second-order valence-electron chi connectivity index (χ2n) is 3.13. The average molecular weight is 217 g/mol. The molecule has 0 atom stereocenters. The average Bonchev–Trinajstić information content (AvgIpc) is 2.35. The van der Waals surface area contributed by atoms with Crippen LogP contribution in [-0.4, -0.2) is 19.4 Å². The lowest BCUT2D eigenvalue weighted by atomic mass is 9.95. The van der Waals surface area contributed by atoms with Crippen LogP contribution in [0, 0.1) is 11.3 Å². The predicted molar refractivity (Wildman–Crippen MR) is 57.3 cm³/mol. The van der Waals surface area contributed by atoms with Gasteiger partial charge in [0.2, 0.25) is 0 Å².